The highest BCUT2D eigenvalue weighted by molar-refractivity contribution is 7.18. The Kier molecular flexibility index (Phi) is 5.10. The number of nitrogens with one attached hydrogen (secondary N) is 2. The molecule has 5 heteroatoms. The zero-order valence-electron chi connectivity index (χ0n) is 16.0. The van der Waals surface area contributed by atoms with Crippen molar-refractivity contribution in [2.45, 2.75) is 25.7 Å². The summed E-state index contributed by atoms with van der Waals surface area (Å²) in [5.74, 6) is 3.44. The van der Waals surface area contributed by atoms with Crippen molar-refractivity contribution >= 4 is 22.3 Å². The van der Waals surface area contributed by atoms with Gasteiger partial charge in [0, 0.05) is 12.4 Å². The minimum atomic E-state index is 0.800. The maximum Gasteiger partial charge on any atom is 0.188 e. The lowest BCUT2D eigenvalue weighted by molar-refractivity contribution is 0.198. The molecule has 28 heavy (non-hydrogen) atoms. The first-order valence-electron chi connectivity index (χ1n) is 10.3. The summed E-state index contributed by atoms with van der Waals surface area (Å²) >= 11 is 1.66. The molecule has 3 aromatic rings. The van der Waals surface area contributed by atoms with Gasteiger partial charge >= 0.3 is 0 Å². The molecule has 5 rings (SSSR count). The first kappa shape index (κ1) is 17.8. The van der Waals surface area contributed by atoms with Crippen LogP contribution in [0.2, 0.25) is 0 Å². The topological polar surface area (TPSA) is 49.8 Å². The van der Waals surface area contributed by atoms with E-state index in [-0.39, 0.29) is 0 Å². The summed E-state index contributed by atoms with van der Waals surface area (Å²) in [4.78, 5) is 10.2. The Morgan fingerprint density at radius 2 is 2.00 bits per heavy atom. The molecule has 1 saturated heterocycles. The third-order valence-corrected chi connectivity index (χ3v) is 7.23. The fourth-order valence-electron chi connectivity index (χ4n) is 4.88. The van der Waals surface area contributed by atoms with Crippen LogP contribution >= 0.6 is 11.3 Å². The van der Waals surface area contributed by atoms with Crippen molar-refractivity contribution in [3.63, 3.8) is 0 Å². The first-order chi connectivity index (χ1) is 13.8. The molecular weight excluding hydrogens is 364 g/mol. The molecule has 1 aliphatic heterocycles. The van der Waals surface area contributed by atoms with Gasteiger partial charge in [-0.15, -0.1) is 0 Å². The van der Waals surface area contributed by atoms with Crippen LogP contribution in [-0.2, 0) is 6.42 Å². The van der Waals surface area contributed by atoms with Crippen LogP contribution in [0.15, 0.2) is 54.9 Å². The Morgan fingerprint density at radius 3 is 2.93 bits per heavy atom. The number of fused-ring (bicyclic) bond motifs is 1. The van der Waals surface area contributed by atoms with Crippen LogP contribution < -0.4 is 10.6 Å². The zero-order valence-corrected chi connectivity index (χ0v) is 16.8. The quantitative estimate of drug-likeness (QED) is 0.634. The summed E-state index contributed by atoms with van der Waals surface area (Å²) in [7, 11) is 0. The maximum atomic E-state index is 4.54. The lowest BCUT2D eigenvalue weighted by Crippen LogP contribution is -2.28. The smallest absolute Gasteiger partial charge is 0.188 e. The molecule has 2 aromatic heterocycles. The van der Waals surface area contributed by atoms with E-state index in [9.17, 15) is 0 Å². The SMILES string of the molecule is c1ccc(-c2cnc(Nc3cc(C[C@H]4CCC[C@@H]5CNC[C@@H]54)ccn3)s2)cc1. The third-order valence-electron chi connectivity index (χ3n) is 6.27. The molecule has 0 spiro atoms. The second kappa shape index (κ2) is 8.02. The van der Waals surface area contributed by atoms with Crippen molar-refractivity contribution in [1.29, 1.82) is 0 Å². The fraction of sp³-hybridized carbons (Fsp3) is 0.391. The molecule has 2 fully saturated rings. The molecule has 0 bridgehead atoms. The number of anilines is 2. The molecule has 2 N–H and O–H groups in total. The number of rotatable bonds is 5. The number of aromatic nitrogens is 2. The molecule has 3 heterocycles. The number of benzene rings is 1. The van der Waals surface area contributed by atoms with Crippen molar-refractivity contribution in [3.8, 4) is 10.4 Å². The highest BCUT2D eigenvalue weighted by Gasteiger charge is 2.36. The van der Waals surface area contributed by atoms with E-state index in [4.69, 9.17) is 0 Å². The summed E-state index contributed by atoms with van der Waals surface area (Å²) < 4.78 is 0. The summed E-state index contributed by atoms with van der Waals surface area (Å²) in [6.45, 7) is 2.42. The number of hydrogen-bond acceptors (Lipinski definition) is 5. The molecule has 1 saturated carbocycles. The van der Waals surface area contributed by atoms with E-state index in [1.54, 1.807) is 11.3 Å². The Labute approximate surface area is 170 Å². The monoisotopic (exact) mass is 390 g/mol. The Bertz CT molecular complexity index is 923. The van der Waals surface area contributed by atoms with Gasteiger partial charge in [0.2, 0.25) is 0 Å². The summed E-state index contributed by atoms with van der Waals surface area (Å²) in [6.07, 6.45) is 9.17. The van der Waals surface area contributed by atoms with Gasteiger partial charge in [-0.2, -0.15) is 0 Å². The van der Waals surface area contributed by atoms with Crippen molar-refractivity contribution in [2.24, 2.45) is 17.8 Å². The maximum absolute atomic E-state index is 4.54. The van der Waals surface area contributed by atoms with Gasteiger partial charge in [0.25, 0.3) is 0 Å². The predicted molar refractivity (Wildman–Crippen MR) is 116 cm³/mol. The second-order valence-electron chi connectivity index (χ2n) is 8.05. The lowest BCUT2D eigenvalue weighted by atomic mass is 9.72. The van der Waals surface area contributed by atoms with Gasteiger partial charge in [-0.25, -0.2) is 9.97 Å². The van der Waals surface area contributed by atoms with E-state index >= 15 is 0 Å². The Balaban J connectivity index is 1.28. The average molecular weight is 391 g/mol. The van der Waals surface area contributed by atoms with Crippen LogP contribution in [-0.4, -0.2) is 23.1 Å². The van der Waals surface area contributed by atoms with Gasteiger partial charge in [-0.1, -0.05) is 48.1 Å². The van der Waals surface area contributed by atoms with Crippen molar-refractivity contribution in [3.05, 3.63) is 60.4 Å². The second-order valence-corrected chi connectivity index (χ2v) is 9.08. The molecule has 0 radical (unpaired) electrons. The first-order valence-corrected chi connectivity index (χ1v) is 11.1. The fourth-order valence-corrected chi connectivity index (χ4v) is 5.71. The Morgan fingerprint density at radius 1 is 1.07 bits per heavy atom. The van der Waals surface area contributed by atoms with Crippen LogP contribution in [0.5, 0.6) is 0 Å². The van der Waals surface area contributed by atoms with Crippen molar-refractivity contribution in [1.82, 2.24) is 15.3 Å². The summed E-state index contributed by atoms with van der Waals surface area (Å²) in [5.41, 5.74) is 2.58. The van der Waals surface area contributed by atoms with Crippen LogP contribution in [0.25, 0.3) is 10.4 Å². The third kappa shape index (κ3) is 3.82. The van der Waals surface area contributed by atoms with E-state index in [2.05, 4.69) is 57.0 Å². The van der Waals surface area contributed by atoms with E-state index in [0.29, 0.717) is 0 Å². The summed E-state index contributed by atoms with van der Waals surface area (Å²) in [6, 6.07) is 14.8. The highest BCUT2D eigenvalue weighted by atomic mass is 32.1. The molecule has 1 aliphatic carbocycles. The van der Waals surface area contributed by atoms with Gasteiger partial charge in [-0.3, -0.25) is 0 Å². The van der Waals surface area contributed by atoms with Crippen LogP contribution in [0.1, 0.15) is 24.8 Å². The highest BCUT2D eigenvalue weighted by Crippen LogP contribution is 2.39. The van der Waals surface area contributed by atoms with Crippen LogP contribution in [0.4, 0.5) is 10.9 Å². The van der Waals surface area contributed by atoms with Crippen molar-refractivity contribution < 1.29 is 0 Å². The van der Waals surface area contributed by atoms with Gasteiger partial charge in [0.05, 0.1) is 4.88 Å². The number of pyridine rings is 1. The van der Waals surface area contributed by atoms with E-state index in [0.717, 1.165) is 35.1 Å². The standard InChI is InChI=1S/C23H26N4S/c1-2-5-17(6-3-1)21-15-26-23(28-21)27-22-12-16(9-10-25-22)11-18-7-4-8-19-13-24-14-20(18)19/h1-3,5-6,9-10,12,15,18-20,24H,4,7-8,11,13-14H2,(H,25,26,27)/t18-,19-,20-/m1/s1. The van der Waals surface area contributed by atoms with Gasteiger partial charge in [-0.05, 0) is 73.4 Å². The molecule has 0 unspecified atom stereocenters. The normalized spacial score (nSPS) is 24.1. The largest absolute Gasteiger partial charge is 0.316 e. The number of nitrogens with zero attached hydrogens (tertiary/aromatic N) is 2. The molecule has 1 aromatic carbocycles. The molecule has 4 nitrogen and oxygen atoms in total. The van der Waals surface area contributed by atoms with Crippen LogP contribution in [0.3, 0.4) is 0 Å². The van der Waals surface area contributed by atoms with Crippen LogP contribution in [0, 0.1) is 17.8 Å². The van der Waals surface area contributed by atoms with Gasteiger partial charge < -0.3 is 10.6 Å². The zero-order chi connectivity index (χ0) is 18.8. The predicted octanol–water partition coefficient (Wildman–Crippen LogP) is 5.13. The Hall–Kier alpha value is -2.24. The number of hydrogen-bond donors (Lipinski definition) is 2. The van der Waals surface area contributed by atoms with Crippen molar-refractivity contribution in [2.75, 3.05) is 18.4 Å². The molecule has 2 aliphatic rings. The minimum absolute atomic E-state index is 0.800. The van der Waals surface area contributed by atoms with Gasteiger partial charge in [0.1, 0.15) is 5.82 Å². The lowest BCUT2D eigenvalue weighted by Gasteiger charge is -2.33. The molecule has 0 amide bonds. The number of thiazole rings is 1. The summed E-state index contributed by atoms with van der Waals surface area (Å²) in [5, 5.41) is 7.90. The average Bonchev–Trinajstić information content (AvgIpc) is 3.39. The van der Waals surface area contributed by atoms with E-state index < -0.39 is 0 Å². The molecular formula is C23H26N4S. The molecule has 144 valence electrons. The van der Waals surface area contributed by atoms with Gasteiger partial charge in [0.15, 0.2) is 5.13 Å². The minimum Gasteiger partial charge on any atom is -0.316 e. The van der Waals surface area contributed by atoms with E-state index in [1.807, 2.05) is 18.5 Å². The van der Waals surface area contributed by atoms with E-state index in [1.165, 1.54) is 48.4 Å². The molecule has 3 atom stereocenters.